The summed E-state index contributed by atoms with van der Waals surface area (Å²) in [6, 6.07) is 20.5. The quantitative estimate of drug-likeness (QED) is 0.564. The van der Waals surface area contributed by atoms with Gasteiger partial charge >= 0.3 is 0 Å². The van der Waals surface area contributed by atoms with Crippen molar-refractivity contribution in [3.05, 3.63) is 83.4 Å². The Morgan fingerprint density at radius 1 is 1.00 bits per heavy atom. The third-order valence-corrected chi connectivity index (χ3v) is 6.19. The zero-order valence-electron chi connectivity index (χ0n) is 17.9. The number of aliphatic imine (C=N–C) groups is 1. The fraction of sp³-hybridized carbons (Fsp3) is 0.231. The van der Waals surface area contributed by atoms with Gasteiger partial charge in [0.25, 0.3) is 0 Å². The van der Waals surface area contributed by atoms with Crippen LogP contribution in [-0.4, -0.2) is 25.5 Å². The van der Waals surface area contributed by atoms with Gasteiger partial charge in [-0.1, -0.05) is 36.4 Å². The van der Waals surface area contributed by atoms with Crippen molar-refractivity contribution in [2.45, 2.75) is 18.4 Å². The first-order valence-corrected chi connectivity index (χ1v) is 10.9. The van der Waals surface area contributed by atoms with Crippen molar-refractivity contribution < 1.29 is 13.5 Å². The summed E-state index contributed by atoms with van der Waals surface area (Å²) >= 11 is 0. The molecule has 2 N–H and O–H groups in total. The van der Waals surface area contributed by atoms with E-state index in [1.165, 1.54) is 6.07 Å². The van der Waals surface area contributed by atoms with Crippen LogP contribution in [0.1, 0.15) is 24.0 Å². The lowest BCUT2D eigenvalue weighted by molar-refractivity contribution is -0.0533. The van der Waals surface area contributed by atoms with Gasteiger partial charge in [-0.15, -0.1) is 0 Å². The van der Waals surface area contributed by atoms with Crippen LogP contribution in [0.5, 0.6) is 0 Å². The summed E-state index contributed by atoms with van der Waals surface area (Å²) < 4.78 is 34.0. The van der Waals surface area contributed by atoms with E-state index in [0.29, 0.717) is 17.1 Å². The molecule has 33 heavy (non-hydrogen) atoms. The van der Waals surface area contributed by atoms with Crippen LogP contribution in [0.15, 0.2) is 65.7 Å². The molecule has 166 valence electrons. The van der Waals surface area contributed by atoms with Crippen LogP contribution in [0.25, 0.3) is 11.1 Å². The van der Waals surface area contributed by atoms with E-state index in [9.17, 15) is 8.78 Å². The maximum Gasteiger partial charge on any atom is 0.184 e. The van der Waals surface area contributed by atoms with Crippen LogP contribution in [0.3, 0.4) is 0 Å². The Hall–Kier alpha value is -3.60. The highest BCUT2D eigenvalue weighted by Crippen LogP contribution is 2.37. The van der Waals surface area contributed by atoms with Gasteiger partial charge in [-0.2, -0.15) is 5.26 Å². The van der Waals surface area contributed by atoms with E-state index < -0.39 is 17.2 Å². The van der Waals surface area contributed by atoms with Crippen LogP contribution in [0, 0.1) is 23.0 Å². The van der Waals surface area contributed by atoms with Crippen molar-refractivity contribution in [3.63, 3.8) is 0 Å². The number of nitriles is 1. The Labute approximate surface area is 190 Å². The van der Waals surface area contributed by atoms with Crippen LogP contribution in [0.4, 0.5) is 20.2 Å². The molecule has 5 rings (SSSR count). The molecule has 1 saturated heterocycles. The van der Waals surface area contributed by atoms with Crippen molar-refractivity contribution in [1.29, 1.82) is 5.26 Å². The molecule has 0 aliphatic carbocycles. The van der Waals surface area contributed by atoms with E-state index in [0.717, 1.165) is 48.7 Å². The van der Waals surface area contributed by atoms with Gasteiger partial charge in [0.1, 0.15) is 18.1 Å². The summed E-state index contributed by atoms with van der Waals surface area (Å²) in [5.41, 5.74) is 3.60. The largest absolute Gasteiger partial charge is 0.362 e. The van der Waals surface area contributed by atoms with Gasteiger partial charge < -0.3 is 15.4 Å². The molecular formula is C26H22F2N4O. The van der Waals surface area contributed by atoms with Gasteiger partial charge in [0.2, 0.25) is 0 Å². The summed E-state index contributed by atoms with van der Waals surface area (Å²) in [6.45, 7) is 1.77. The standard InChI is InChI=1S/C26H22F2N4O/c27-22-13-21-14-23(25(22)28)32-24(31-21)16-33-26(8-10-30-11-9-26)20-6-4-18(5-7-20)19-3-1-2-17(12-19)15-29/h1-7,12-14,30H,8-11,16H2,(H,31,32). The number of nitrogens with one attached hydrogen (secondary N) is 2. The Bertz CT molecular complexity index is 1260. The number of benzene rings is 3. The van der Waals surface area contributed by atoms with Crippen molar-refractivity contribution >= 4 is 17.2 Å². The van der Waals surface area contributed by atoms with Crippen molar-refractivity contribution in [1.82, 2.24) is 5.32 Å². The second-order valence-electron chi connectivity index (χ2n) is 8.28. The molecular weight excluding hydrogens is 422 g/mol. The van der Waals surface area contributed by atoms with Crippen LogP contribution < -0.4 is 10.6 Å². The highest BCUT2D eigenvalue weighted by Gasteiger charge is 2.35. The van der Waals surface area contributed by atoms with E-state index in [2.05, 4.69) is 33.8 Å². The van der Waals surface area contributed by atoms with E-state index >= 15 is 0 Å². The van der Waals surface area contributed by atoms with Gasteiger partial charge in [0, 0.05) is 11.8 Å². The van der Waals surface area contributed by atoms with Gasteiger partial charge in [-0.05, 0) is 60.8 Å². The number of ether oxygens (including phenoxy) is 1. The van der Waals surface area contributed by atoms with Gasteiger partial charge in [0.15, 0.2) is 11.6 Å². The minimum Gasteiger partial charge on any atom is -0.362 e. The number of rotatable bonds is 5. The van der Waals surface area contributed by atoms with E-state index in [1.54, 1.807) is 6.07 Å². The molecule has 2 bridgehead atoms. The molecule has 5 nitrogen and oxygen atoms in total. The minimum atomic E-state index is -0.953. The number of hydrogen-bond donors (Lipinski definition) is 2. The average Bonchev–Trinajstić information content (AvgIpc) is 2.87. The lowest BCUT2D eigenvalue weighted by Crippen LogP contribution is -2.43. The summed E-state index contributed by atoms with van der Waals surface area (Å²) in [6.07, 6.45) is 1.55. The lowest BCUT2D eigenvalue weighted by Gasteiger charge is -2.38. The fourth-order valence-corrected chi connectivity index (χ4v) is 4.42. The predicted molar refractivity (Wildman–Crippen MR) is 123 cm³/mol. The first-order chi connectivity index (χ1) is 16.1. The summed E-state index contributed by atoms with van der Waals surface area (Å²) in [5, 5.41) is 15.5. The van der Waals surface area contributed by atoms with Gasteiger partial charge in [-0.25, -0.2) is 13.8 Å². The first-order valence-electron chi connectivity index (χ1n) is 10.9. The van der Waals surface area contributed by atoms with Gasteiger partial charge in [-0.3, -0.25) is 0 Å². The Morgan fingerprint density at radius 2 is 1.79 bits per heavy atom. The summed E-state index contributed by atoms with van der Waals surface area (Å²) in [4.78, 5) is 4.20. The zero-order chi connectivity index (χ0) is 22.8. The van der Waals surface area contributed by atoms with E-state index in [4.69, 9.17) is 10.00 Å². The predicted octanol–water partition coefficient (Wildman–Crippen LogP) is 5.25. The molecule has 0 amide bonds. The Kier molecular flexibility index (Phi) is 5.63. The van der Waals surface area contributed by atoms with E-state index in [-0.39, 0.29) is 12.3 Å². The SMILES string of the molecule is N#Cc1cccc(-c2ccc(C3(OCC4=Nc5cc(cc(F)c5F)N4)CCNCC3)cc2)c1. The fourth-order valence-electron chi connectivity index (χ4n) is 4.42. The summed E-state index contributed by atoms with van der Waals surface area (Å²) in [5.74, 6) is -1.43. The number of amidine groups is 1. The molecule has 2 aliphatic rings. The number of piperidine rings is 1. The highest BCUT2D eigenvalue weighted by atomic mass is 19.2. The van der Waals surface area contributed by atoms with Crippen LogP contribution in [-0.2, 0) is 10.3 Å². The molecule has 1 fully saturated rings. The smallest absolute Gasteiger partial charge is 0.184 e. The molecule has 0 aromatic heterocycles. The maximum absolute atomic E-state index is 14.0. The third kappa shape index (κ3) is 4.23. The monoisotopic (exact) mass is 444 g/mol. The molecule has 0 atom stereocenters. The lowest BCUT2D eigenvalue weighted by atomic mass is 9.84. The Balaban J connectivity index is 1.38. The van der Waals surface area contributed by atoms with Crippen LogP contribution in [0.2, 0.25) is 0 Å². The van der Waals surface area contributed by atoms with Crippen molar-refractivity contribution in [2.75, 3.05) is 25.0 Å². The second kappa shape index (κ2) is 8.74. The van der Waals surface area contributed by atoms with Crippen LogP contribution >= 0.6 is 0 Å². The molecule has 3 aromatic rings. The molecule has 0 saturated carbocycles. The number of halogens is 2. The molecule has 7 heteroatoms. The topological polar surface area (TPSA) is 69.4 Å². The maximum atomic E-state index is 14.0. The Morgan fingerprint density at radius 3 is 2.55 bits per heavy atom. The molecule has 2 aliphatic heterocycles. The number of fused-ring (bicyclic) bond motifs is 2. The molecule has 0 radical (unpaired) electrons. The molecule has 0 unspecified atom stereocenters. The van der Waals surface area contributed by atoms with Crippen molar-refractivity contribution in [3.8, 4) is 17.2 Å². The molecule has 0 spiro atoms. The average molecular weight is 444 g/mol. The van der Waals surface area contributed by atoms with E-state index in [1.807, 2.05) is 30.3 Å². The minimum absolute atomic E-state index is 0.0225. The number of anilines is 1. The second-order valence-corrected chi connectivity index (χ2v) is 8.28. The number of hydrogen-bond acceptors (Lipinski definition) is 5. The first kappa shape index (κ1) is 21.3. The zero-order valence-corrected chi connectivity index (χ0v) is 17.9. The van der Waals surface area contributed by atoms with Gasteiger partial charge in [0.05, 0.1) is 17.2 Å². The third-order valence-electron chi connectivity index (χ3n) is 6.19. The summed E-state index contributed by atoms with van der Waals surface area (Å²) in [7, 11) is 0. The molecule has 2 heterocycles. The molecule has 3 aromatic carbocycles. The number of nitrogens with zero attached hydrogens (tertiary/aromatic N) is 2. The normalized spacial score (nSPS) is 16.5. The van der Waals surface area contributed by atoms with Crippen molar-refractivity contribution in [2.24, 2.45) is 4.99 Å². The highest BCUT2D eigenvalue weighted by molar-refractivity contribution is 6.00.